The van der Waals surface area contributed by atoms with Gasteiger partial charge in [-0.15, -0.1) is 0 Å². The first-order valence-electron chi connectivity index (χ1n) is 17.2. The molecule has 8 nitrogen and oxygen atoms in total. The number of carbonyl (C=O) groups excluding carboxylic acids is 2. The van der Waals surface area contributed by atoms with E-state index in [-0.39, 0.29) is 42.1 Å². The molecular weight excluding hydrogens is 642 g/mol. The summed E-state index contributed by atoms with van der Waals surface area (Å²) in [4.78, 5) is 34.1. The highest BCUT2D eigenvalue weighted by atomic mass is 19.4. The van der Waals surface area contributed by atoms with Crippen LogP contribution in [0.5, 0.6) is 5.75 Å². The molecule has 4 fully saturated rings. The lowest BCUT2D eigenvalue weighted by molar-refractivity contribution is -0.140. The van der Waals surface area contributed by atoms with E-state index in [1.54, 1.807) is 6.07 Å². The number of hydrogen-bond donors (Lipinski definition) is 3. The molecule has 49 heavy (non-hydrogen) atoms. The van der Waals surface area contributed by atoms with E-state index >= 15 is 0 Å². The number of allylic oxidation sites excluding steroid dienone is 1. The number of amides is 2. The number of fused-ring (bicyclic) bond motifs is 4. The molecule has 0 radical (unpaired) electrons. The molecule has 2 aromatic rings. The zero-order valence-corrected chi connectivity index (χ0v) is 27.3. The number of benzene rings is 2. The number of alkyl halides is 3. The zero-order valence-electron chi connectivity index (χ0n) is 27.3. The van der Waals surface area contributed by atoms with Gasteiger partial charge in [-0.25, -0.2) is 4.39 Å². The number of halogens is 4. The van der Waals surface area contributed by atoms with Crippen molar-refractivity contribution in [2.75, 3.05) is 11.9 Å². The van der Waals surface area contributed by atoms with Crippen molar-refractivity contribution in [1.29, 1.82) is 0 Å². The van der Waals surface area contributed by atoms with Gasteiger partial charge < -0.3 is 25.3 Å². The number of aliphatic hydroxyl groups excluding tert-OH is 1. The van der Waals surface area contributed by atoms with Crippen LogP contribution >= 0.6 is 0 Å². The van der Waals surface area contributed by atoms with E-state index in [1.807, 2.05) is 19.9 Å². The second-order valence-corrected chi connectivity index (χ2v) is 15.3. The van der Waals surface area contributed by atoms with Crippen molar-refractivity contribution in [3.63, 3.8) is 0 Å². The number of oxime groups is 1. The number of nitrogens with one attached hydrogen (secondary N) is 2. The van der Waals surface area contributed by atoms with E-state index in [0.29, 0.717) is 42.2 Å². The largest absolute Gasteiger partial charge is 0.486 e. The van der Waals surface area contributed by atoms with Crippen molar-refractivity contribution >= 4 is 23.2 Å². The monoisotopic (exact) mass is 681 g/mol. The highest BCUT2D eigenvalue weighted by Gasteiger charge is 2.55. The first kappa shape index (κ1) is 32.3. The normalized spacial score (nSPS) is 31.6. The van der Waals surface area contributed by atoms with Gasteiger partial charge in [-0.3, -0.25) is 9.59 Å². The molecule has 2 aliphatic heterocycles. The predicted molar refractivity (Wildman–Crippen MR) is 171 cm³/mol. The van der Waals surface area contributed by atoms with Gasteiger partial charge in [0.15, 0.2) is 0 Å². The first-order valence-corrected chi connectivity index (χ1v) is 17.2. The van der Waals surface area contributed by atoms with Crippen LogP contribution in [0.3, 0.4) is 0 Å². The van der Waals surface area contributed by atoms with E-state index in [9.17, 15) is 32.3 Å². The molecule has 2 heterocycles. The van der Waals surface area contributed by atoms with Crippen molar-refractivity contribution in [2.45, 2.75) is 82.7 Å². The minimum atomic E-state index is -4.92. The molecule has 12 heteroatoms. The summed E-state index contributed by atoms with van der Waals surface area (Å²) in [6.07, 6.45) is 2.83. The molecule has 6 aliphatic rings. The second kappa shape index (κ2) is 11.6. The Kier molecular flexibility index (Phi) is 7.62. The summed E-state index contributed by atoms with van der Waals surface area (Å²) in [6.45, 7) is 3.98. The predicted octanol–water partition coefficient (Wildman–Crippen LogP) is 6.41. The van der Waals surface area contributed by atoms with Gasteiger partial charge in [-0.05, 0) is 106 Å². The van der Waals surface area contributed by atoms with E-state index in [4.69, 9.17) is 9.57 Å². The molecule has 2 amide bonds. The molecule has 5 unspecified atom stereocenters. The Balaban J connectivity index is 1.11. The van der Waals surface area contributed by atoms with Crippen LogP contribution in [0.4, 0.5) is 23.2 Å². The average molecular weight is 682 g/mol. The van der Waals surface area contributed by atoms with E-state index < -0.39 is 46.9 Å². The summed E-state index contributed by atoms with van der Waals surface area (Å²) in [5.41, 5.74) is 1.64. The highest BCUT2D eigenvalue weighted by molar-refractivity contribution is 6.07. The summed E-state index contributed by atoms with van der Waals surface area (Å²) in [5, 5.41) is 20.0. The van der Waals surface area contributed by atoms with Crippen LogP contribution in [0.1, 0.15) is 79.4 Å². The molecule has 0 aromatic heterocycles. The Morgan fingerprint density at radius 1 is 1.06 bits per heavy atom. The molecule has 4 saturated carbocycles. The Labute approximate surface area is 281 Å². The fourth-order valence-corrected chi connectivity index (χ4v) is 8.98. The summed E-state index contributed by atoms with van der Waals surface area (Å²) in [7, 11) is 0. The summed E-state index contributed by atoms with van der Waals surface area (Å²) < 4.78 is 60.7. The third-order valence-electron chi connectivity index (χ3n) is 11.3. The Morgan fingerprint density at radius 2 is 1.84 bits per heavy atom. The maximum atomic E-state index is 14.4. The van der Waals surface area contributed by atoms with Crippen LogP contribution in [0.2, 0.25) is 0 Å². The minimum Gasteiger partial charge on any atom is -0.486 e. The number of hydrogen-bond acceptors (Lipinski definition) is 6. The fraction of sp³-hybridized carbons (Fsp3) is 0.541. The SMILES string of the molecule is CC1(C)Cc2cc(C3=NOC4CC(CO)CC34)cc(C(=O)N[C@@H]3C4CCC(/C4=C/C4CC4)[C@@H]3C(=O)Nc3ccc(F)c(C(F)(F)F)c3)c2O1. The van der Waals surface area contributed by atoms with Crippen LogP contribution in [0.25, 0.3) is 0 Å². The van der Waals surface area contributed by atoms with Gasteiger partial charge in [-0.2, -0.15) is 13.2 Å². The summed E-state index contributed by atoms with van der Waals surface area (Å²) in [5.74, 6) is -2.32. The van der Waals surface area contributed by atoms with Crippen molar-refractivity contribution in [2.24, 2.45) is 40.7 Å². The van der Waals surface area contributed by atoms with Crippen molar-refractivity contribution in [3.05, 3.63) is 70.1 Å². The Morgan fingerprint density at radius 3 is 2.57 bits per heavy atom. The van der Waals surface area contributed by atoms with Gasteiger partial charge in [0.05, 0.1) is 22.8 Å². The van der Waals surface area contributed by atoms with Gasteiger partial charge in [-0.1, -0.05) is 16.8 Å². The topological polar surface area (TPSA) is 109 Å². The lowest BCUT2D eigenvalue weighted by Crippen LogP contribution is -2.48. The lowest BCUT2D eigenvalue weighted by Gasteiger charge is -2.30. The maximum absolute atomic E-state index is 14.4. The highest BCUT2D eigenvalue weighted by Crippen LogP contribution is 2.55. The average Bonchev–Trinajstić information content (AvgIpc) is 3.31. The van der Waals surface area contributed by atoms with E-state index in [1.165, 1.54) is 0 Å². The standard InChI is InChI=1S/C37H39F4N3O5/c1-36(2)15-20-12-19(31-25-10-18(16-45)11-29(25)49-44-31)13-26(33(20)48-36)34(46)43-32-23-7-6-22(24(23)9-17-3-4-17)30(32)35(47)42-21-5-8-28(38)27(14-21)37(39,40)41/h5,8-9,12-14,17-18,22-23,25,29-30,32,45H,3-4,6-7,10-11,15-16H2,1-2H3,(H,42,47)(H,43,46)/b24-9-/t18?,22?,23?,25?,29?,30-,32+/m0/s1. The van der Waals surface area contributed by atoms with Crippen molar-refractivity contribution in [1.82, 2.24) is 5.32 Å². The van der Waals surface area contributed by atoms with Crippen LogP contribution in [-0.2, 0) is 22.2 Å². The van der Waals surface area contributed by atoms with Crippen LogP contribution < -0.4 is 15.4 Å². The molecule has 4 aliphatic carbocycles. The molecule has 7 atom stereocenters. The van der Waals surface area contributed by atoms with Crippen molar-refractivity contribution in [3.8, 4) is 5.75 Å². The molecule has 2 aromatic carbocycles. The quantitative estimate of drug-likeness (QED) is 0.231. The third-order valence-corrected chi connectivity index (χ3v) is 11.3. The fourth-order valence-electron chi connectivity index (χ4n) is 8.98. The molecule has 260 valence electrons. The van der Waals surface area contributed by atoms with Gasteiger partial charge in [0.2, 0.25) is 5.91 Å². The van der Waals surface area contributed by atoms with Gasteiger partial charge in [0.25, 0.3) is 5.91 Å². The van der Waals surface area contributed by atoms with Crippen LogP contribution in [0, 0.1) is 41.3 Å². The van der Waals surface area contributed by atoms with Crippen LogP contribution in [-0.4, -0.2) is 47.0 Å². The number of nitrogens with zero attached hydrogens (tertiary/aromatic N) is 1. The smallest absolute Gasteiger partial charge is 0.419 e. The molecule has 0 saturated heterocycles. The molecule has 2 bridgehead atoms. The second-order valence-electron chi connectivity index (χ2n) is 15.3. The number of carbonyl (C=O) groups is 2. The molecule has 3 N–H and O–H groups in total. The minimum absolute atomic E-state index is 0.000437. The maximum Gasteiger partial charge on any atom is 0.419 e. The number of aliphatic hydroxyl groups is 1. The zero-order chi connectivity index (χ0) is 34.4. The van der Waals surface area contributed by atoms with E-state index in [2.05, 4.69) is 21.9 Å². The third kappa shape index (κ3) is 5.79. The molecule has 8 rings (SSSR count). The first-order chi connectivity index (χ1) is 23.3. The lowest BCUT2D eigenvalue weighted by atomic mass is 9.83. The van der Waals surface area contributed by atoms with Gasteiger partial charge in [0, 0.05) is 42.2 Å². The summed E-state index contributed by atoms with van der Waals surface area (Å²) in [6, 6.07) is 5.58. The van der Waals surface area contributed by atoms with E-state index in [0.717, 1.165) is 60.6 Å². The Bertz CT molecular complexity index is 1780. The number of anilines is 1. The molecular formula is C37H39F4N3O5. The number of rotatable bonds is 7. The van der Waals surface area contributed by atoms with Gasteiger partial charge in [0.1, 0.15) is 23.3 Å². The molecule has 0 spiro atoms. The summed E-state index contributed by atoms with van der Waals surface area (Å²) >= 11 is 0. The Hall–Kier alpha value is -3.93. The van der Waals surface area contributed by atoms with Gasteiger partial charge >= 0.3 is 6.18 Å². The van der Waals surface area contributed by atoms with Crippen LogP contribution in [0.15, 0.2) is 47.1 Å². The number of ether oxygens (including phenoxy) is 1. The van der Waals surface area contributed by atoms with Crippen molar-refractivity contribution < 1.29 is 41.8 Å².